The minimum atomic E-state index is -0.473. The van der Waals surface area contributed by atoms with E-state index in [2.05, 4.69) is 10.4 Å². The van der Waals surface area contributed by atoms with Crippen LogP contribution < -0.4 is 10.3 Å². The van der Waals surface area contributed by atoms with Gasteiger partial charge in [-0.2, -0.15) is 5.10 Å². The van der Waals surface area contributed by atoms with E-state index in [-0.39, 0.29) is 24.2 Å². The molecule has 1 aromatic carbocycles. The highest BCUT2D eigenvalue weighted by molar-refractivity contribution is 6.40. The van der Waals surface area contributed by atoms with Crippen LogP contribution in [0.15, 0.2) is 35.4 Å². The van der Waals surface area contributed by atoms with Crippen LogP contribution in [0.3, 0.4) is 0 Å². The molecule has 2 atom stereocenters. The van der Waals surface area contributed by atoms with Gasteiger partial charge in [-0.15, -0.1) is 0 Å². The molecular weight excluding hydrogens is 360 g/mol. The molecule has 2 aliphatic rings. The van der Waals surface area contributed by atoms with Crippen LogP contribution in [-0.2, 0) is 14.3 Å². The number of hydrazone groups is 1. The van der Waals surface area contributed by atoms with Crippen LogP contribution in [0.1, 0.15) is 33.1 Å². The topological polar surface area (TPSA) is 91.3 Å². The van der Waals surface area contributed by atoms with Crippen LogP contribution in [-0.4, -0.2) is 60.2 Å². The van der Waals surface area contributed by atoms with Crippen molar-refractivity contribution in [3.63, 3.8) is 0 Å². The molecule has 1 fully saturated rings. The highest BCUT2D eigenvalue weighted by Gasteiger charge is 2.37. The summed E-state index contributed by atoms with van der Waals surface area (Å²) < 4.78 is 4.92. The van der Waals surface area contributed by atoms with Crippen LogP contribution >= 0.6 is 0 Å². The summed E-state index contributed by atoms with van der Waals surface area (Å²) in [5.41, 5.74) is 1.16. The van der Waals surface area contributed by atoms with Crippen LogP contribution in [0.25, 0.3) is 0 Å². The molecule has 8 nitrogen and oxygen atoms in total. The lowest BCUT2D eigenvalue weighted by molar-refractivity contribution is -0.125. The molecule has 2 amide bonds. The number of ether oxygens (including phenoxy) is 1. The van der Waals surface area contributed by atoms with E-state index in [4.69, 9.17) is 4.74 Å². The number of piperidine rings is 1. The summed E-state index contributed by atoms with van der Waals surface area (Å²) in [5.74, 6) is -0.212. The number of carbonyl (C=O) groups is 3. The molecule has 1 saturated heterocycles. The molecule has 2 heterocycles. The van der Waals surface area contributed by atoms with Gasteiger partial charge in [0.05, 0.1) is 12.3 Å². The average molecular weight is 386 g/mol. The molecule has 0 spiro atoms. The molecule has 8 heteroatoms. The Kier molecular flexibility index (Phi) is 6.28. The number of likely N-dealkylation sites (tertiary alicyclic amines) is 1. The van der Waals surface area contributed by atoms with Crippen molar-refractivity contribution in [1.29, 1.82) is 0 Å². The second-order valence-corrected chi connectivity index (χ2v) is 7.01. The largest absolute Gasteiger partial charge is 0.450 e. The number of para-hydroxylation sites is 1. The van der Waals surface area contributed by atoms with Gasteiger partial charge >= 0.3 is 6.09 Å². The Bertz CT molecular complexity index is 765. The van der Waals surface area contributed by atoms with Gasteiger partial charge in [0.15, 0.2) is 5.78 Å². The standard InChI is InChI=1S/C20H26N4O4/c1-3-28-20(27)21-15-8-7-11-23(13-15)19(26)17-12-18(14(2)25)24(22-17)16-9-5-4-6-10-16/h4-6,9-10,15,18H,3,7-8,11-13H2,1-2H3,(H,21,27). The van der Waals surface area contributed by atoms with Crippen molar-refractivity contribution in [3.05, 3.63) is 30.3 Å². The van der Waals surface area contributed by atoms with E-state index in [0.717, 1.165) is 18.5 Å². The molecule has 2 aliphatic heterocycles. The lowest BCUT2D eigenvalue weighted by Crippen LogP contribution is -2.51. The second kappa shape index (κ2) is 8.86. The number of rotatable bonds is 5. The van der Waals surface area contributed by atoms with E-state index in [1.165, 1.54) is 6.92 Å². The minimum Gasteiger partial charge on any atom is -0.450 e. The summed E-state index contributed by atoms with van der Waals surface area (Å²) in [4.78, 5) is 38.5. The van der Waals surface area contributed by atoms with Crippen LogP contribution in [0.2, 0.25) is 0 Å². The minimum absolute atomic E-state index is 0.0316. The zero-order valence-corrected chi connectivity index (χ0v) is 16.3. The average Bonchev–Trinajstić information content (AvgIpc) is 3.14. The molecule has 0 aliphatic carbocycles. The summed E-state index contributed by atoms with van der Waals surface area (Å²) >= 11 is 0. The van der Waals surface area contributed by atoms with E-state index in [0.29, 0.717) is 25.4 Å². The Morgan fingerprint density at radius 3 is 2.68 bits per heavy atom. The lowest BCUT2D eigenvalue weighted by Gasteiger charge is -2.32. The molecule has 0 radical (unpaired) electrons. The van der Waals surface area contributed by atoms with E-state index in [9.17, 15) is 14.4 Å². The number of benzene rings is 1. The number of Topliss-reactive ketones (excluding diaryl/α,β-unsaturated/α-hetero) is 1. The van der Waals surface area contributed by atoms with Crippen molar-refractivity contribution in [3.8, 4) is 0 Å². The van der Waals surface area contributed by atoms with Crippen molar-refractivity contribution in [2.45, 2.75) is 45.2 Å². The third-order valence-corrected chi connectivity index (χ3v) is 4.95. The highest BCUT2D eigenvalue weighted by atomic mass is 16.5. The first kappa shape index (κ1) is 19.9. The number of amides is 2. The normalized spacial score (nSPS) is 21.9. The maximum atomic E-state index is 13.0. The SMILES string of the molecule is CCOC(=O)NC1CCCN(C(=O)C2=NN(c3ccccc3)C(C(C)=O)C2)C1. The summed E-state index contributed by atoms with van der Waals surface area (Å²) in [6.45, 7) is 4.59. The number of carbonyl (C=O) groups excluding carboxylic acids is 3. The number of ketones is 1. The van der Waals surface area contributed by atoms with Gasteiger partial charge in [0.25, 0.3) is 5.91 Å². The molecule has 1 N–H and O–H groups in total. The molecule has 0 bridgehead atoms. The third kappa shape index (κ3) is 4.49. The molecule has 2 unspecified atom stereocenters. The fraction of sp³-hybridized carbons (Fsp3) is 0.500. The first-order chi connectivity index (χ1) is 13.5. The number of hydrogen-bond acceptors (Lipinski definition) is 6. The molecule has 0 aromatic heterocycles. The second-order valence-electron chi connectivity index (χ2n) is 7.01. The number of anilines is 1. The number of hydrogen-bond donors (Lipinski definition) is 1. The van der Waals surface area contributed by atoms with Crippen LogP contribution in [0, 0.1) is 0 Å². The number of alkyl carbamates (subject to hydrolysis) is 1. The number of nitrogens with one attached hydrogen (secondary N) is 1. The number of nitrogens with zero attached hydrogens (tertiary/aromatic N) is 3. The first-order valence-electron chi connectivity index (χ1n) is 9.64. The summed E-state index contributed by atoms with van der Waals surface area (Å²) in [6.07, 6.45) is 1.40. The summed E-state index contributed by atoms with van der Waals surface area (Å²) in [6, 6.07) is 8.76. The Labute approximate surface area is 164 Å². The van der Waals surface area contributed by atoms with Crippen molar-refractivity contribution in [1.82, 2.24) is 10.2 Å². The van der Waals surface area contributed by atoms with Crippen molar-refractivity contribution in [2.24, 2.45) is 5.10 Å². The molecule has 1 aromatic rings. The van der Waals surface area contributed by atoms with Crippen molar-refractivity contribution in [2.75, 3.05) is 24.7 Å². The van der Waals surface area contributed by atoms with Gasteiger partial charge in [-0.25, -0.2) is 4.79 Å². The Hall–Kier alpha value is -2.90. The molecule has 3 rings (SSSR count). The van der Waals surface area contributed by atoms with E-state index < -0.39 is 12.1 Å². The zero-order chi connectivity index (χ0) is 20.1. The first-order valence-corrected chi connectivity index (χ1v) is 9.64. The highest BCUT2D eigenvalue weighted by Crippen LogP contribution is 2.26. The molecule has 150 valence electrons. The lowest BCUT2D eigenvalue weighted by atomic mass is 10.0. The van der Waals surface area contributed by atoms with Gasteiger partial charge in [-0.1, -0.05) is 18.2 Å². The van der Waals surface area contributed by atoms with Gasteiger partial charge in [-0.3, -0.25) is 14.6 Å². The monoisotopic (exact) mass is 386 g/mol. The Morgan fingerprint density at radius 1 is 1.25 bits per heavy atom. The van der Waals surface area contributed by atoms with Gasteiger partial charge < -0.3 is 15.0 Å². The predicted octanol–water partition coefficient (Wildman–Crippen LogP) is 1.95. The predicted molar refractivity (Wildman–Crippen MR) is 105 cm³/mol. The molecular formula is C20H26N4O4. The Balaban J connectivity index is 1.71. The fourth-order valence-corrected chi connectivity index (χ4v) is 3.58. The van der Waals surface area contributed by atoms with Crippen molar-refractivity contribution < 1.29 is 19.1 Å². The maximum absolute atomic E-state index is 13.0. The van der Waals surface area contributed by atoms with Gasteiger partial charge in [0, 0.05) is 25.6 Å². The van der Waals surface area contributed by atoms with Crippen molar-refractivity contribution >= 4 is 29.2 Å². The molecule has 28 heavy (non-hydrogen) atoms. The fourth-order valence-electron chi connectivity index (χ4n) is 3.58. The summed E-state index contributed by atoms with van der Waals surface area (Å²) in [7, 11) is 0. The third-order valence-electron chi connectivity index (χ3n) is 4.95. The Morgan fingerprint density at radius 2 is 2.00 bits per heavy atom. The zero-order valence-electron chi connectivity index (χ0n) is 16.3. The van der Waals surface area contributed by atoms with E-state index in [1.807, 2.05) is 30.3 Å². The maximum Gasteiger partial charge on any atom is 0.407 e. The van der Waals surface area contributed by atoms with E-state index >= 15 is 0 Å². The van der Waals surface area contributed by atoms with Crippen LogP contribution in [0.4, 0.5) is 10.5 Å². The summed E-state index contributed by atoms with van der Waals surface area (Å²) in [5, 5.41) is 8.91. The molecule has 0 saturated carbocycles. The quantitative estimate of drug-likeness (QED) is 0.835. The van der Waals surface area contributed by atoms with Crippen LogP contribution in [0.5, 0.6) is 0 Å². The van der Waals surface area contributed by atoms with E-state index in [1.54, 1.807) is 16.8 Å². The van der Waals surface area contributed by atoms with Gasteiger partial charge in [0.2, 0.25) is 0 Å². The van der Waals surface area contributed by atoms with Gasteiger partial charge in [0.1, 0.15) is 11.8 Å². The smallest absolute Gasteiger partial charge is 0.407 e. The van der Waals surface area contributed by atoms with Gasteiger partial charge in [-0.05, 0) is 38.8 Å².